The quantitative estimate of drug-likeness (QED) is 0.640. The van der Waals surface area contributed by atoms with Crippen LogP contribution >= 0.6 is 0 Å². The molecule has 0 heterocycles. The first-order chi connectivity index (χ1) is 7.28. The fourth-order valence-corrected chi connectivity index (χ4v) is 1.45. The number of alkyl halides is 2. The van der Waals surface area contributed by atoms with Crippen LogP contribution in [0.1, 0.15) is 18.1 Å². The van der Waals surface area contributed by atoms with E-state index in [-0.39, 0.29) is 11.3 Å². The van der Waals surface area contributed by atoms with E-state index in [0.717, 1.165) is 6.92 Å². The van der Waals surface area contributed by atoms with Gasteiger partial charge >= 0.3 is 0 Å². The normalized spacial score (nSPS) is 14.9. The molecule has 88 valence electrons. The highest BCUT2D eigenvalue weighted by atomic mass is 19.3. The summed E-state index contributed by atoms with van der Waals surface area (Å²) in [7, 11) is 0. The van der Waals surface area contributed by atoms with Crippen molar-refractivity contribution in [3.8, 4) is 0 Å². The zero-order valence-corrected chi connectivity index (χ0v) is 8.91. The Hall–Kier alpha value is -1.56. The van der Waals surface area contributed by atoms with Crippen LogP contribution in [0.15, 0.2) is 18.2 Å². The SMILES string of the molecule is Cc1cccc(C(C)(N)C(F)F)c1[N+](=O)[O-]. The minimum absolute atomic E-state index is 0.146. The van der Waals surface area contributed by atoms with Crippen molar-refractivity contribution >= 4 is 5.69 Å². The van der Waals surface area contributed by atoms with Crippen LogP contribution in [0.25, 0.3) is 0 Å². The molecule has 1 aromatic carbocycles. The molecule has 0 radical (unpaired) electrons. The van der Waals surface area contributed by atoms with Crippen molar-refractivity contribution in [2.24, 2.45) is 5.73 Å². The average Bonchev–Trinajstić information content (AvgIpc) is 2.16. The molecule has 6 heteroatoms. The van der Waals surface area contributed by atoms with Crippen molar-refractivity contribution in [2.75, 3.05) is 0 Å². The predicted molar refractivity (Wildman–Crippen MR) is 55.4 cm³/mol. The number of nitrogens with two attached hydrogens (primary N) is 1. The van der Waals surface area contributed by atoms with E-state index in [4.69, 9.17) is 5.73 Å². The highest BCUT2D eigenvalue weighted by molar-refractivity contribution is 5.50. The third kappa shape index (κ3) is 2.01. The molecular weight excluding hydrogens is 218 g/mol. The van der Waals surface area contributed by atoms with Gasteiger partial charge in [0.05, 0.1) is 10.5 Å². The zero-order chi connectivity index (χ0) is 12.5. The molecule has 0 aliphatic carbocycles. The van der Waals surface area contributed by atoms with Crippen LogP contribution in [0.4, 0.5) is 14.5 Å². The summed E-state index contributed by atoms with van der Waals surface area (Å²) in [5.41, 5.74) is 3.25. The lowest BCUT2D eigenvalue weighted by Gasteiger charge is -2.24. The fraction of sp³-hybridized carbons (Fsp3) is 0.400. The van der Waals surface area contributed by atoms with Crippen LogP contribution in [-0.2, 0) is 5.54 Å². The highest BCUT2D eigenvalue weighted by Gasteiger charge is 2.38. The summed E-state index contributed by atoms with van der Waals surface area (Å²) in [6.45, 7) is 2.57. The average molecular weight is 230 g/mol. The van der Waals surface area contributed by atoms with Gasteiger partial charge in [0, 0.05) is 5.56 Å². The van der Waals surface area contributed by atoms with Gasteiger partial charge in [-0.15, -0.1) is 0 Å². The lowest BCUT2D eigenvalue weighted by molar-refractivity contribution is -0.386. The molecule has 1 rings (SSSR count). The second-order valence-corrected chi connectivity index (χ2v) is 3.81. The van der Waals surface area contributed by atoms with Crippen LogP contribution < -0.4 is 5.73 Å². The Morgan fingerprint density at radius 1 is 1.50 bits per heavy atom. The molecule has 1 aromatic rings. The largest absolute Gasteiger partial charge is 0.317 e. The molecule has 2 N–H and O–H groups in total. The molecule has 0 fully saturated rings. The summed E-state index contributed by atoms with van der Waals surface area (Å²) in [6.07, 6.45) is -2.87. The Morgan fingerprint density at radius 3 is 2.50 bits per heavy atom. The van der Waals surface area contributed by atoms with E-state index >= 15 is 0 Å². The monoisotopic (exact) mass is 230 g/mol. The molecule has 1 unspecified atom stereocenters. The van der Waals surface area contributed by atoms with E-state index in [1.54, 1.807) is 0 Å². The molecule has 0 spiro atoms. The molecule has 0 amide bonds. The van der Waals surface area contributed by atoms with Crippen LogP contribution in [-0.4, -0.2) is 11.3 Å². The predicted octanol–water partition coefficient (Wildman–Crippen LogP) is 2.34. The van der Waals surface area contributed by atoms with Gasteiger partial charge in [0.15, 0.2) is 0 Å². The van der Waals surface area contributed by atoms with E-state index in [2.05, 4.69) is 0 Å². The van der Waals surface area contributed by atoms with Crippen molar-refractivity contribution in [1.29, 1.82) is 0 Å². The van der Waals surface area contributed by atoms with Gasteiger partial charge in [0.25, 0.3) is 12.1 Å². The first-order valence-electron chi connectivity index (χ1n) is 4.60. The summed E-state index contributed by atoms with van der Waals surface area (Å²) in [5, 5.41) is 10.8. The Balaban J connectivity index is 3.45. The van der Waals surface area contributed by atoms with Gasteiger partial charge in [0.2, 0.25) is 0 Å². The number of benzene rings is 1. The number of nitrogens with zero attached hydrogens (tertiary/aromatic N) is 1. The standard InChI is InChI=1S/C10H12F2N2O2/c1-6-4-3-5-7(8(6)14(15)16)10(2,13)9(11)12/h3-5,9H,13H2,1-2H3. The van der Waals surface area contributed by atoms with Gasteiger partial charge < -0.3 is 5.73 Å². The van der Waals surface area contributed by atoms with E-state index in [1.807, 2.05) is 0 Å². The number of nitro benzene ring substituents is 1. The summed E-state index contributed by atoms with van der Waals surface area (Å²) in [5.74, 6) is 0. The van der Waals surface area contributed by atoms with Gasteiger partial charge in [-0.2, -0.15) is 0 Å². The summed E-state index contributed by atoms with van der Waals surface area (Å²) in [6, 6.07) is 4.23. The van der Waals surface area contributed by atoms with Crippen molar-refractivity contribution < 1.29 is 13.7 Å². The van der Waals surface area contributed by atoms with E-state index in [9.17, 15) is 18.9 Å². The van der Waals surface area contributed by atoms with Crippen molar-refractivity contribution in [1.82, 2.24) is 0 Å². The van der Waals surface area contributed by atoms with Crippen molar-refractivity contribution in [3.05, 3.63) is 39.4 Å². The number of para-hydroxylation sites is 1. The second kappa shape index (κ2) is 4.13. The maximum absolute atomic E-state index is 12.7. The first-order valence-corrected chi connectivity index (χ1v) is 4.60. The van der Waals surface area contributed by atoms with Gasteiger partial charge in [-0.1, -0.05) is 18.2 Å². The third-order valence-corrected chi connectivity index (χ3v) is 2.45. The molecule has 0 saturated heterocycles. The van der Waals surface area contributed by atoms with Crippen molar-refractivity contribution in [2.45, 2.75) is 25.8 Å². The van der Waals surface area contributed by atoms with Crippen molar-refractivity contribution in [3.63, 3.8) is 0 Å². The molecule has 0 bridgehead atoms. The lowest BCUT2D eigenvalue weighted by atomic mass is 9.90. The fourth-order valence-electron chi connectivity index (χ4n) is 1.45. The molecule has 0 aromatic heterocycles. The summed E-state index contributed by atoms with van der Waals surface area (Å²) >= 11 is 0. The lowest BCUT2D eigenvalue weighted by Crippen LogP contribution is -2.41. The first kappa shape index (κ1) is 12.5. The number of aryl methyl sites for hydroxylation is 1. The zero-order valence-electron chi connectivity index (χ0n) is 8.91. The summed E-state index contributed by atoms with van der Waals surface area (Å²) < 4.78 is 25.5. The van der Waals surface area contributed by atoms with Gasteiger partial charge in [0.1, 0.15) is 5.54 Å². The summed E-state index contributed by atoms with van der Waals surface area (Å²) in [4.78, 5) is 10.1. The second-order valence-electron chi connectivity index (χ2n) is 3.81. The van der Waals surface area contributed by atoms with E-state index < -0.39 is 16.9 Å². The van der Waals surface area contributed by atoms with Crippen LogP contribution in [0, 0.1) is 17.0 Å². The van der Waals surface area contributed by atoms with E-state index in [0.29, 0.717) is 5.56 Å². The van der Waals surface area contributed by atoms with Gasteiger partial charge in [-0.05, 0) is 13.8 Å². The molecule has 0 saturated carbocycles. The Kier molecular flexibility index (Phi) is 3.23. The Labute approximate surface area is 91.2 Å². The van der Waals surface area contributed by atoms with E-state index in [1.165, 1.54) is 25.1 Å². The maximum atomic E-state index is 12.7. The number of hydrogen-bond acceptors (Lipinski definition) is 3. The van der Waals surface area contributed by atoms with Crippen LogP contribution in [0.5, 0.6) is 0 Å². The minimum atomic E-state index is -2.87. The number of rotatable bonds is 3. The highest BCUT2D eigenvalue weighted by Crippen LogP contribution is 2.34. The number of nitro groups is 1. The van der Waals surface area contributed by atoms with Crippen LogP contribution in [0.3, 0.4) is 0 Å². The Bertz CT molecular complexity index is 419. The smallest absolute Gasteiger partial charge is 0.277 e. The minimum Gasteiger partial charge on any atom is -0.317 e. The topological polar surface area (TPSA) is 69.2 Å². The maximum Gasteiger partial charge on any atom is 0.277 e. The molecule has 4 nitrogen and oxygen atoms in total. The molecular formula is C10H12F2N2O2. The van der Waals surface area contributed by atoms with Gasteiger partial charge in [-0.3, -0.25) is 10.1 Å². The molecule has 1 atom stereocenters. The Morgan fingerprint density at radius 2 is 2.06 bits per heavy atom. The van der Waals surface area contributed by atoms with Crippen LogP contribution in [0.2, 0.25) is 0 Å². The third-order valence-electron chi connectivity index (χ3n) is 2.45. The molecule has 16 heavy (non-hydrogen) atoms. The number of halogens is 2. The molecule has 0 aliphatic rings. The van der Waals surface area contributed by atoms with Gasteiger partial charge in [-0.25, -0.2) is 8.78 Å². The number of hydrogen-bond donors (Lipinski definition) is 1. The molecule has 0 aliphatic heterocycles.